The summed E-state index contributed by atoms with van der Waals surface area (Å²) in [5.41, 5.74) is 0.0196. The van der Waals surface area contributed by atoms with Gasteiger partial charge >= 0.3 is 6.18 Å². The molecule has 1 aliphatic rings. The van der Waals surface area contributed by atoms with Crippen molar-refractivity contribution in [1.29, 1.82) is 0 Å². The van der Waals surface area contributed by atoms with Crippen molar-refractivity contribution in [1.82, 2.24) is 20.2 Å². The Morgan fingerprint density at radius 2 is 2.06 bits per heavy atom. The third-order valence-electron chi connectivity index (χ3n) is 4.93. The van der Waals surface area contributed by atoms with Crippen LogP contribution in [-0.4, -0.2) is 58.2 Å². The van der Waals surface area contributed by atoms with Gasteiger partial charge in [-0.25, -0.2) is 9.97 Å². The summed E-state index contributed by atoms with van der Waals surface area (Å²) in [5, 5.41) is 13.1. The number of aliphatic hydroxyl groups excluding tert-OH is 1. The average molecular weight is 432 g/mol. The molecule has 162 valence electrons. The SMILES string of the molecule is O=C(c1ccc2cc(Oc3ccc(C(F)(F)F)cn3)ccc2n1)N1CCN[C@H](CO)C1. The Balaban J connectivity index is 1.50. The highest BCUT2D eigenvalue weighted by molar-refractivity contribution is 5.95. The fraction of sp³-hybridized carbons (Fsp3) is 0.286. The van der Waals surface area contributed by atoms with Crippen molar-refractivity contribution >= 4 is 16.8 Å². The fourth-order valence-corrected chi connectivity index (χ4v) is 3.31. The first-order valence-corrected chi connectivity index (χ1v) is 9.59. The first-order valence-electron chi connectivity index (χ1n) is 9.59. The van der Waals surface area contributed by atoms with Gasteiger partial charge in [0.25, 0.3) is 5.91 Å². The van der Waals surface area contributed by atoms with Gasteiger partial charge in [0.05, 0.1) is 17.7 Å². The van der Waals surface area contributed by atoms with Crippen LogP contribution < -0.4 is 10.1 Å². The van der Waals surface area contributed by atoms with Crippen LogP contribution in [0.2, 0.25) is 0 Å². The summed E-state index contributed by atoms with van der Waals surface area (Å²) < 4.78 is 43.5. The maximum Gasteiger partial charge on any atom is 0.417 e. The average Bonchev–Trinajstić information content (AvgIpc) is 2.78. The van der Waals surface area contributed by atoms with Crippen molar-refractivity contribution in [2.75, 3.05) is 26.2 Å². The molecule has 1 saturated heterocycles. The molecule has 1 aromatic carbocycles. The third kappa shape index (κ3) is 4.75. The van der Waals surface area contributed by atoms with Crippen LogP contribution in [-0.2, 0) is 6.18 Å². The summed E-state index contributed by atoms with van der Waals surface area (Å²) >= 11 is 0. The molecular weight excluding hydrogens is 413 g/mol. The zero-order chi connectivity index (χ0) is 22.0. The molecule has 0 spiro atoms. The number of pyridine rings is 2. The number of carbonyl (C=O) groups is 1. The van der Waals surface area contributed by atoms with Crippen LogP contribution in [0.5, 0.6) is 11.6 Å². The minimum atomic E-state index is -4.46. The highest BCUT2D eigenvalue weighted by atomic mass is 19.4. The smallest absolute Gasteiger partial charge is 0.417 e. The van der Waals surface area contributed by atoms with Gasteiger partial charge in [0.15, 0.2) is 0 Å². The molecule has 2 N–H and O–H groups in total. The maximum absolute atomic E-state index is 12.8. The Kier molecular flexibility index (Phi) is 5.75. The lowest BCUT2D eigenvalue weighted by Gasteiger charge is -2.32. The Hall–Kier alpha value is -3.24. The van der Waals surface area contributed by atoms with E-state index < -0.39 is 11.7 Å². The molecule has 0 radical (unpaired) electrons. The molecular formula is C21H19F3N4O3. The highest BCUT2D eigenvalue weighted by Crippen LogP contribution is 2.30. The molecule has 0 aliphatic carbocycles. The molecule has 0 saturated carbocycles. The van der Waals surface area contributed by atoms with E-state index in [-0.39, 0.29) is 24.4 Å². The van der Waals surface area contributed by atoms with Crippen molar-refractivity contribution in [3.8, 4) is 11.6 Å². The summed E-state index contributed by atoms with van der Waals surface area (Å²) in [6.45, 7) is 1.48. The number of amides is 1. The number of ether oxygens (including phenoxy) is 1. The Morgan fingerprint density at radius 3 is 2.77 bits per heavy atom. The minimum Gasteiger partial charge on any atom is -0.439 e. The number of aromatic nitrogens is 2. The first kappa shape index (κ1) is 21.0. The van der Waals surface area contributed by atoms with E-state index in [1.54, 1.807) is 35.2 Å². The molecule has 1 atom stereocenters. The van der Waals surface area contributed by atoms with Crippen LogP contribution in [0.3, 0.4) is 0 Å². The fourth-order valence-electron chi connectivity index (χ4n) is 3.31. The standard InChI is InChI=1S/C21H19F3N4O3/c22-21(23,24)14-2-6-19(26-10-14)31-16-3-5-17-13(9-16)1-4-18(27-17)20(30)28-8-7-25-15(11-28)12-29/h1-6,9-10,15,25,29H,7-8,11-12H2/t15-/m0/s1. The van der Waals surface area contributed by atoms with Crippen LogP contribution in [0.15, 0.2) is 48.7 Å². The van der Waals surface area contributed by atoms with Crippen LogP contribution in [0, 0.1) is 0 Å². The number of piperazine rings is 1. The second-order valence-electron chi connectivity index (χ2n) is 7.12. The molecule has 1 amide bonds. The van der Waals surface area contributed by atoms with Gasteiger partial charge in [0.2, 0.25) is 5.88 Å². The van der Waals surface area contributed by atoms with E-state index in [0.717, 1.165) is 12.1 Å². The number of aliphatic hydroxyl groups is 1. The van der Waals surface area contributed by atoms with E-state index in [2.05, 4.69) is 15.3 Å². The molecule has 31 heavy (non-hydrogen) atoms. The largest absolute Gasteiger partial charge is 0.439 e. The number of fused-ring (bicyclic) bond motifs is 1. The van der Waals surface area contributed by atoms with Crippen LogP contribution in [0.4, 0.5) is 13.2 Å². The molecule has 1 fully saturated rings. The molecule has 0 unspecified atom stereocenters. The molecule has 3 heterocycles. The van der Waals surface area contributed by atoms with Gasteiger partial charge in [-0.15, -0.1) is 0 Å². The van der Waals surface area contributed by atoms with Gasteiger partial charge in [-0.2, -0.15) is 13.2 Å². The number of carbonyl (C=O) groups excluding carboxylic acids is 1. The molecule has 2 aromatic heterocycles. The normalized spacial score (nSPS) is 17.0. The molecule has 1 aliphatic heterocycles. The van der Waals surface area contributed by atoms with Crippen molar-refractivity contribution in [2.45, 2.75) is 12.2 Å². The number of alkyl halides is 3. The van der Waals surface area contributed by atoms with Crippen molar-refractivity contribution in [3.05, 3.63) is 59.9 Å². The zero-order valence-electron chi connectivity index (χ0n) is 16.3. The Bertz CT molecular complexity index is 1090. The topological polar surface area (TPSA) is 87.6 Å². The second-order valence-corrected chi connectivity index (χ2v) is 7.12. The van der Waals surface area contributed by atoms with Gasteiger partial charge in [-0.05, 0) is 30.3 Å². The lowest BCUT2D eigenvalue weighted by Crippen LogP contribution is -2.54. The molecule has 7 nitrogen and oxygen atoms in total. The van der Waals surface area contributed by atoms with Crippen LogP contribution >= 0.6 is 0 Å². The van der Waals surface area contributed by atoms with E-state index in [4.69, 9.17) is 4.74 Å². The highest BCUT2D eigenvalue weighted by Gasteiger charge is 2.30. The van der Waals surface area contributed by atoms with Crippen LogP contribution in [0.1, 0.15) is 16.1 Å². The van der Waals surface area contributed by atoms with Gasteiger partial charge in [-0.1, -0.05) is 6.07 Å². The summed E-state index contributed by atoms with van der Waals surface area (Å²) in [6.07, 6.45) is -3.74. The molecule has 10 heteroatoms. The number of rotatable bonds is 4. The van der Waals surface area contributed by atoms with Crippen molar-refractivity contribution < 1.29 is 27.8 Å². The zero-order valence-corrected chi connectivity index (χ0v) is 16.3. The lowest BCUT2D eigenvalue weighted by molar-refractivity contribution is -0.137. The third-order valence-corrected chi connectivity index (χ3v) is 4.93. The van der Waals surface area contributed by atoms with E-state index in [9.17, 15) is 23.1 Å². The summed E-state index contributed by atoms with van der Waals surface area (Å²) in [7, 11) is 0. The number of nitrogens with zero attached hydrogens (tertiary/aromatic N) is 3. The van der Waals surface area contributed by atoms with Gasteiger partial charge in [-0.3, -0.25) is 4.79 Å². The Labute approximate surface area is 175 Å². The van der Waals surface area contributed by atoms with E-state index in [1.807, 2.05) is 0 Å². The number of nitrogens with one attached hydrogen (secondary N) is 1. The van der Waals surface area contributed by atoms with E-state index in [1.165, 1.54) is 0 Å². The number of benzene rings is 1. The van der Waals surface area contributed by atoms with Gasteiger partial charge < -0.3 is 20.1 Å². The minimum absolute atomic E-state index is 0.0317. The summed E-state index contributed by atoms with van der Waals surface area (Å²) in [4.78, 5) is 22.5. The Morgan fingerprint density at radius 1 is 1.23 bits per heavy atom. The molecule has 4 rings (SSSR count). The first-order chi connectivity index (χ1) is 14.8. The summed E-state index contributed by atoms with van der Waals surface area (Å²) in [6, 6.07) is 10.2. The second kappa shape index (κ2) is 8.48. The monoisotopic (exact) mass is 432 g/mol. The van der Waals surface area contributed by atoms with Crippen molar-refractivity contribution in [3.63, 3.8) is 0 Å². The predicted octanol–water partition coefficient (Wildman–Crippen LogP) is 2.85. The van der Waals surface area contributed by atoms with Gasteiger partial charge in [0, 0.05) is 43.3 Å². The van der Waals surface area contributed by atoms with Gasteiger partial charge in [0.1, 0.15) is 11.4 Å². The molecule has 0 bridgehead atoms. The van der Waals surface area contributed by atoms with Crippen LogP contribution in [0.25, 0.3) is 10.9 Å². The molecule has 3 aromatic rings. The number of hydrogen-bond donors (Lipinski definition) is 2. The number of halogens is 3. The maximum atomic E-state index is 12.8. The number of hydrogen-bond acceptors (Lipinski definition) is 6. The summed E-state index contributed by atoms with van der Waals surface area (Å²) in [5.74, 6) is 0.203. The van der Waals surface area contributed by atoms with E-state index >= 15 is 0 Å². The lowest BCUT2D eigenvalue weighted by atomic mass is 10.1. The van der Waals surface area contributed by atoms with Crippen molar-refractivity contribution in [2.24, 2.45) is 0 Å². The predicted molar refractivity (Wildman–Crippen MR) is 106 cm³/mol. The quantitative estimate of drug-likeness (QED) is 0.659. The van der Waals surface area contributed by atoms with E-state index in [0.29, 0.717) is 48.2 Å².